The lowest BCUT2D eigenvalue weighted by atomic mass is 9.76. The summed E-state index contributed by atoms with van der Waals surface area (Å²) in [6.07, 6.45) is 2.65. The third-order valence-electron chi connectivity index (χ3n) is 3.63. The van der Waals surface area contributed by atoms with Crippen LogP contribution in [0.1, 0.15) is 23.1 Å². The van der Waals surface area contributed by atoms with E-state index in [0.717, 1.165) is 0 Å². The Kier molecular flexibility index (Phi) is 1.37. The third-order valence-corrected chi connectivity index (χ3v) is 3.63. The summed E-state index contributed by atoms with van der Waals surface area (Å²) < 4.78 is 0. The highest BCUT2D eigenvalue weighted by Crippen LogP contribution is 2.41. The van der Waals surface area contributed by atoms with Crippen molar-refractivity contribution in [3.8, 4) is 0 Å². The molecule has 0 amide bonds. The van der Waals surface area contributed by atoms with Crippen LogP contribution in [0.4, 0.5) is 0 Å². The number of benzene rings is 1. The van der Waals surface area contributed by atoms with E-state index in [2.05, 4.69) is 30.4 Å². The van der Waals surface area contributed by atoms with Crippen molar-refractivity contribution in [2.75, 3.05) is 13.1 Å². The molecule has 1 N–H and O–H groups in total. The Balaban J connectivity index is 2.11. The Morgan fingerprint density at radius 1 is 1.31 bits per heavy atom. The van der Waals surface area contributed by atoms with Crippen LogP contribution in [0.3, 0.4) is 0 Å². The first-order valence-corrected chi connectivity index (χ1v) is 5.11. The summed E-state index contributed by atoms with van der Waals surface area (Å²) in [6, 6.07) is 6.96. The van der Waals surface area contributed by atoms with Gasteiger partial charge in [-0.15, -0.1) is 0 Å². The topological polar surface area (TPSA) is 12.0 Å². The lowest BCUT2D eigenvalue weighted by Crippen LogP contribution is -2.55. The van der Waals surface area contributed by atoms with E-state index in [1.807, 2.05) is 0 Å². The molecule has 1 heterocycles. The highest BCUT2D eigenvalue weighted by atomic mass is 15.0. The molecular weight excluding hydrogens is 158 g/mol. The zero-order valence-corrected chi connectivity index (χ0v) is 8.06. The molecule has 13 heavy (non-hydrogen) atoms. The Hall–Kier alpha value is -0.820. The average Bonchev–Trinajstić information content (AvgIpc) is 2.41. The highest BCUT2D eigenvalue weighted by Gasteiger charge is 2.43. The smallest absolute Gasteiger partial charge is 0.0208 e. The van der Waals surface area contributed by atoms with Gasteiger partial charge in [0.2, 0.25) is 0 Å². The molecule has 1 fully saturated rings. The van der Waals surface area contributed by atoms with Crippen molar-refractivity contribution in [1.29, 1.82) is 0 Å². The monoisotopic (exact) mass is 173 g/mol. The standard InChI is InChI=1S/C12H15N/c1-9-2-3-11-10(6-9)4-5-12(11)7-13-8-12/h2-3,6,13H,4-5,7-8H2,1H3. The van der Waals surface area contributed by atoms with Crippen LogP contribution in [0.5, 0.6) is 0 Å². The molecule has 1 saturated heterocycles. The van der Waals surface area contributed by atoms with Crippen LogP contribution in [0.15, 0.2) is 18.2 Å². The Morgan fingerprint density at radius 2 is 2.15 bits per heavy atom. The number of fused-ring (bicyclic) bond motifs is 2. The van der Waals surface area contributed by atoms with Crippen LogP contribution >= 0.6 is 0 Å². The van der Waals surface area contributed by atoms with E-state index < -0.39 is 0 Å². The zero-order chi connectivity index (χ0) is 8.89. The molecule has 0 radical (unpaired) electrons. The summed E-state index contributed by atoms with van der Waals surface area (Å²) in [5, 5.41) is 3.40. The van der Waals surface area contributed by atoms with E-state index in [1.54, 1.807) is 11.1 Å². The maximum Gasteiger partial charge on any atom is 0.0208 e. The summed E-state index contributed by atoms with van der Waals surface area (Å²) in [5.74, 6) is 0. The molecule has 1 spiro atoms. The molecule has 0 aromatic heterocycles. The van der Waals surface area contributed by atoms with E-state index in [-0.39, 0.29) is 0 Å². The number of nitrogens with one attached hydrogen (secondary N) is 1. The van der Waals surface area contributed by atoms with Crippen molar-refractivity contribution in [2.45, 2.75) is 25.2 Å². The summed E-state index contributed by atoms with van der Waals surface area (Å²) in [6.45, 7) is 4.58. The summed E-state index contributed by atoms with van der Waals surface area (Å²) >= 11 is 0. The fraction of sp³-hybridized carbons (Fsp3) is 0.500. The van der Waals surface area contributed by atoms with Gasteiger partial charge in [0.05, 0.1) is 0 Å². The summed E-state index contributed by atoms with van der Waals surface area (Å²) in [7, 11) is 0. The second-order valence-corrected chi connectivity index (χ2v) is 4.54. The fourth-order valence-electron chi connectivity index (χ4n) is 2.75. The van der Waals surface area contributed by atoms with Crippen LogP contribution < -0.4 is 5.32 Å². The van der Waals surface area contributed by atoms with E-state index >= 15 is 0 Å². The van der Waals surface area contributed by atoms with Gasteiger partial charge in [-0.2, -0.15) is 0 Å². The SMILES string of the molecule is Cc1ccc2c(c1)CCC21CNC1. The maximum absolute atomic E-state index is 3.40. The zero-order valence-electron chi connectivity index (χ0n) is 8.06. The van der Waals surface area contributed by atoms with Gasteiger partial charge in [-0.25, -0.2) is 0 Å². The van der Waals surface area contributed by atoms with Gasteiger partial charge in [0.25, 0.3) is 0 Å². The number of aryl methyl sites for hydroxylation is 2. The van der Waals surface area contributed by atoms with Crippen LogP contribution in [-0.2, 0) is 11.8 Å². The molecule has 0 saturated carbocycles. The Labute approximate surface area is 79.2 Å². The van der Waals surface area contributed by atoms with Crippen LogP contribution in [-0.4, -0.2) is 13.1 Å². The molecular formula is C12H15N. The molecule has 0 atom stereocenters. The molecule has 0 bridgehead atoms. The minimum absolute atomic E-state index is 0.531. The first-order valence-electron chi connectivity index (χ1n) is 5.11. The molecule has 1 aromatic carbocycles. The highest BCUT2D eigenvalue weighted by molar-refractivity contribution is 5.44. The van der Waals surface area contributed by atoms with Crippen molar-refractivity contribution in [2.24, 2.45) is 0 Å². The predicted molar refractivity (Wildman–Crippen MR) is 54.0 cm³/mol. The minimum atomic E-state index is 0.531. The lowest BCUT2D eigenvalue weighted by molar-refractivity contribution is 0.276. The molecule has 3 rings (SSSR count). The molecule has 1 aliphatic heterocycles. The maximum atomic E-state index is 3.40. The number of hydrogen-bond donors (Lipinski definition) is 1. The molecule has 68 valence electrons. The van der Waals surface area contributed by atoms with Crippen molar-refractivity contribution < 1.29 is 0 Å². The molecule has 1 nitrogen and oxygen atoms in total. The average molecular weight is 173 g/mol. The van der Waals surface area contributed by atoms with Gasteiger partial charge in [-0.1, -0.05) is 23.8 Å². The molecule has 1 heteroatoms. The predicted octanol–water partition coefficient (Wildman–Crippen LogP) is 1.78. The molecule has 1 aromatic rings. The van der Waals surface area contributed by atoms with Crippen LogP contribution in [0.25, 0.3) is 0 Å². The van der Waals surface area contributed by atoms with E-state index in [1.165, 1.54) is 31.5 Å². The van der Waals surface area contributed by atoms with E-state index in [9.17, 15) is 0 Å². The molecule has 0 unspecified atom stereocenters. The third kappa shape index (κ3) is 0.910. The van der Waals surface area contributed by atoms with Gasteiger partial charge in [0.15, 0.2) is 0 Å². The van der Waals surface area contributed by atoms with Gasteiger partial charge in [0, 0.05) is 18.5 Å². The van der Waals surface area contributed by atoms with Gasteiger partial charge < -0.3 is 5.32 Å². The summed E-state index contributed by atoms with van der Waals surface area (Å²) in [5.41, 5.74) is 5.16. The van der Waals surface area contributed by atoms with E-state index in [0.29, 0.717) is 5.41 Å². The summed E-state index contributed by atoms with van der Waals surface area (Å²) in [4.78, 5) is 0. The fourth-order valence-corrected chi connectivity index (χ4v) is 2.75. The molecule has 2 aliphatic rings. The molecule has 1 aliphatic carbocycles. The van der Waals surface area contributed by atoms with Crippen molar-refractivity contribution in [3.63, 3.8) is 0 Å². The first kappa shape index (κ1) is 7.57. The van der Waals surface area contributed by atoms with E-state index in [4.69, 9.17) is 0 Å². The van der Waals surface area contributed by atoms with Crippen LogP contribution in [0, 0.1) is 6.92 Å². The first-order chi connectivity index (χ1) is 6.30. The lowest BCUT2D eigenvalue weighted by Gasteiger charge is -2.40. The van der Waals surface area contributed by atoms with Gasteiger partial charge in [0.1, 0.15) is 0 Å². The van der Waals surface area contributed by atoms with Crippen LogP contribution in [0.2, 0.25) is 0 Å². The second kappa shape index (κ2) is 2.36. The normalized spacial score (nSPS) is 22.8. The van der Waals surface area contributed by atoms with Crippen molar-refractivity contribution in [1.82, 2.24) is 5.32 Å². The second-order valence-electron chi connectivity index (χ2n) is 4.54. The number of rotatable bonds is 0. The number of hydrogen-bond acceptors (Lipinski definition) is 1. The van der Waals surface area contributed by atoms with Crippen molar-refractivity contribution >= 4 is 0 Å². The van der Waals surface area contributed by atoms with Crippen molar-refractivity contribution in [3.05, 3.63) is 34.9 Å². The minimum Gasteiger partial charge on any atom is -0.315 e. The van der Waals surface area contributed by atoms with Gasteiger partial charge >= 0.3 is 0 Å². The van der Waals surface area contributed by atoms with Gasteiger partial charge in [-0.05, 0) is 30.9 Å². The van der Waals surface area contributed by atoms with Gasteiger partial charge in [-0.3, -0.25) is 0 Å². The quantitative estimate of drug-likeness (QED) is 0.630. The Morgan fingerprint density at radius 3 is 2.85 bits per heavy atom. The largest absolute Gasteiger partial charge is 0.315 e. The Bertz CT molecular complexity index is 350.